The number of ether oxygens (including phenoxy) is 2. The number of carbonyl (C=O) groups is 1. The third kappa shape index (κ3) is 5.33. The molecule has 2 aliphatic rings. The Hall–Kier alpha value is -1.34. The number of carbonyl (C=O) groups excluding carboxylic acids is 1. The van der Waals surface area contributed by atoms with E-state index in [1.54, 1.807) is 6.07 Å². The van der Waals surface area contributed by atoms with Crippen molar-refractivity contribution in [3.63, 3.8) is 0 Å². The zero-order valence-corrected chi connectivity index (χ0v) is 16.1. The SMILES string of the molecule is CCN1CCN(c2ccc(Cl)cc2NC(=O)COCC2CCCO2)CC1. The average Bonchev–Trinajstić information content (AvgIpc) is 3.15. The molecule has 0 spiro atoms. The molecule has 2 fully saturated rings. The number of likely N-dealkylation sites (N-methyl/N-ethyl adjacent to an activating group) is 1. The van der Waals surface area contributed by atoms with E-state index in [9.17, 15) is 4.79 Å². The van der Waals surface area contributed by atoms with Gasteiger partial charge in [0.1, 0.15) is 6.61 Å². The minimum absolute atomic E-state index is 0.0232. The first-order valence-corrected chi connectivity index (χ1v) is 9.79. The summed E-state index contributed by atoms with van der Waals surface area (Å²) in [6.07, 6.45) is 2.20. The highest BCUT2D eigenvalue weighted by atomic mass is 35.5. The fraction of sp³-hybridized carbons (Fsp3) is 0.632. The van der Waals surface area contributed by atoms with Crippen LogP contribution in [0.5, 0.6) is 0 Å². The Morgan fingerprint density at radius 1 is 1.35 bits per heavy atom. The summed E-state index contributed by atoms with van der Waals surface area (Å²) in [6, 6.07) is 5.65. The lowest BCUT2D eigenvalue weighted by Gasteiger charge is -2.36. The lowest BCUT2D eigenvalue weighted by atomic mass is 10.2. The maximum atomic E-state index is 12.3. The van der Waals surface area contributed by atoms with Gasteiger partial charge in [0.15, 0.2) is 0 Å². The van der Waals surface area contributed by atoms with Crippen LogP contribution in [0.3, 0.4) is 0 Å². The van der Waals surface area contributed by atoms with Gasteiger partial charge in [-0.15, -0.1) is 0 Å². The summed E-state index contributed by atoms with van der Waals surface area (Å²) in [5.74, 6) is -0.168. The maximum Gasteiger partial charge on any atom is 0.250 e. The molecule has 26 heavy (non-hydrogen) atoms. The molecule has 1 aromatic rings. The lowest BCUT2D eigenvalue weighted by molar-refractivity contribution is -0.121. The molecule has 144 valence electrons. The molecule has 0 radical (unpaired) electrons. The van der Waals surface area contributed by atoms with E-state index in [2.05, 4.69) is 22.0 Å². The van der Waals surface area contributed by atoms with Crippen molar-refractivity contribution in [2.75, 3.05) is 62.8 Å². The molecule has 0 aliphatic carbocycles. The van der Waals surface area contributed by atoms with Crippen LogP contribution in [0.1, 0.15) is 19.8 Å². The Bertz CT molecular complexity index is 600. The zero-order valence-electron chi connectivity index (χ0n) is 15.4. The molecule has 1 aromatic carbocycles. The quantitative estimate of drug-likeness (QED) is 0.786. The molecule has 0 saturated carbocycles. The van der Waals surface area contributed by atoms with Crippen molar-refractivity contribution in [2.24, 2.45) is 0 Å². The number of benzene rings is 1. The topological polar surface area (TPSA) is 54.0 Å². The number of hydrogen-bond acceptors (Lipinski definition) is 5. The van der Waals surface area contributed by atoms with Gasteiger partial charge in [0.25, 0.3) is 0 Å². The fourth-order valence-corrected chi connectivity index (χ4v) is 3.61. The minimum Gasteiger partial charge on any atom is -0.376 e. The summed E-state index contributed by atoms with van der Waals surface area (Å²) >= 11 is 6.15. The zero-order chi connectivity index (χ0) is 18.4. The summed E-state index contributed by atoms with van der Waals surface area (Å²) in [5.41, 5.74) is 1.76. The van der Waals surface area contributed by atoms with Crippen LogP contribution in [0.25, 0.3) is 0 Å². The van der Waals surface area contributed by atoms with Gasteiger partial charge >= 0.3 is 0 Å². The predicted molar refractivity (Wildman–Crippen MR) is 104 cm³/mol. The first-order chi connectivity index (χ1) is 12.7. The highest BCUT2D eigenvalue weighted by Gasteiger charge is 2.20. The van der Waals surface area contributed by atoms with Crippen LogP contribution in [-0.2, 0) is 14.3 Å². The van der Waals surface area contributed by atoms with Crippen LogP contribution >= 0.6 is 11.6 Å². The summed E-state index contributed by atoms with van der Waals surface area (Å²) in [4.78, 5) is 17.0. The van der Waals surface area contributed by atoms with Crippen LogP contribution in [0.15, 0.2) is 18.2 Å². The van der Waals surface area contributed by atoms with E-state index in [0.29, 0.717) is 11.6 Å². The molecular weight excluding hydrogens is 354 g/mol. The number of halogens is 1. The average molecular weight is 382 g/mol. The molecule has 1 atom stereocenters. The van der Waals surface area contributed by atoms with Crippen molar-refractivity contribution >= 4 is 28.9 Å². The molecule has 0 bridgehead atoms. The molecule has 7 heteroatoms. The van der Waals surface area contributed by atoms with Gasteiger partial charge in [-0.1, -0.05) is 18.5 Å². The van der Waals surface area contributed by atoms with Crippen LogP contribution in [0.4, 0.5) is 11.4 Å². The van der Waals surface area contributed by atoms with Crippen molar-refractivity contribution in [1.29, 1.82) is 0 Å². The second-order valence-corrected chi connectivity index (χ2v) is 7.22. The summed E-state index contributed by atoms with van der Waals surface area (Å²) < 4.78 is 11.0. The smallest absolute Gasteiger partial charge is 0.250 e. The second kappa shape index (κ2) is 9.55. The number of nitrogens with zero attached hydrogens (tertiary/aromatic N) is 2. The minimum atomic E-state index is -0.168. The van der Waals surface area contributed by atoms with Crippen LogP contribution in [0.2, 0.25) is 5.02 Å². The molecule has 2 saturated heterocycles. The highest BCUT2D eigenvalue weighted by Crippen LogP contribution is 2.30. The summed E-state index contributed by atoms with van der Waals surface area (Å²) in [7, 11) is 0. The first kappa shape index (κ1) is 19.4. The number of nitrogens with one attached hydrogen (secondary N) is 1. The van der Waals surface area contributed by atoms with E-state index >= 15 is 0 Å². The molecule has 0 aromatic heterocycles. The first-order valence-electron chi connectivity index (χ1n) is 9.41. The van der Waals surface area contributed by atoms with E-state index in [4.69, 9.17) is 21.1 Å². The number of piperazine rings is 1. The molecular formula is C19H28ClN3O3. The predicted octanol–water partition coefficient (Wildman–Crippen LogP) is 2.62. The monoisotopic (exact) mass is 381 g/mol. The van der Waals surface area contributed by atoms with Gasteiger partial charge < -0.3 is 24.6 Å². The highest BCUT2D eigenvalue weighted by molar-refractivity contribution is 6.31. The van der Waals surface area contributed by atoms with Crippen molar-refractivity contribution in [1.82, 2.24) is 4.90 Å². The van der Waals surface area contributed by atoms with Gasteiger partial charge in [0.2, 0.25) is 5.91 Å². The van der Waals surface area contributed by atoms with E-state index in [1.165, 1.54) is 0 Å². The molecule has 3 rings (SSSR count). The van der Waals surface area contributed by atoms with Gasteiger partial charge in [-0.25, -0.2) is 0 Å². The molecule has 2 heterocycles. The number of rotatable bonds is 7. The molecule has 6 nitrogen and oxygen atoms in total. The molecule has 1 N–H and O–H groups in total. The van der Waals surface area contributed by atoms with E-state index in [0.717, 1.165) is 63.5 Å². The van der Waals surface area contributed by atoms with Crippen LogP contribution < -0.4 is 10.2 Å². The third-order valence-electron chi connectivity index (χ3n) is 4.95. The Labute approximate surface area is 160 Å². The molecule has 1 amide bonds. The number of hydrogen-bond donors (Lipinski definition) is 1. The fourth-order valence-electron chi connectivity index (χ4n) is 3.43. The Morgan fingerprint density at radius 2 is 2.15 bits per heavy atom. The van der Waals surface area contributed by atoms with E-state index < -0.39 is 0 Å². The summed E-state index contributed by atoms with van der Waals surface area (Å²) in [5, 5.41) is 3.56. The summed E-state index contributed by atoms with van der Waals surface area (Å²) in [6.45, 7) is 8.46. The van der Waals surface area contributed by atoms with Crippen LogP contribution in [-0.4, -0.2) is 69.5 Å². The Balaban J connectivity index is 1.56. The maximum absolute atomic E-state index is 12.3. The number of amides is 1. The van der Waals surface area contributed by atoms with Gasteiger partial charge in [-0.3, -0.25) is 4.79 Å². The van der Waals surface area contributed by atoms with Crippen molar-refractivity contribution in [3.05, 3.63) is 23.2 Å². The van der Waals surface area contributed by atoms with E-state index in [1.807, 2.05) is 12.1 Å². The Morgan fingerprint density at radius 3 is 2.85 bits per heavy atom. The number of anilines is 2. The van der Waals surface area contributed by atoms with Gasteiger partial charge in [-0.2, -0.15) is 0 Å². The van der Waals surface area contributed by atoms with E-state index in [-0.39, 0.29) is 18.6 Å². The van der Waals surface area contributed by atoms with Crippen molar-refractivity contribution in [3.8, 4) is 0 Å². The van der Waals surface area contributed by atoms with Crippen LogP contribution in [0, 0.1) is 0 Å². The largest absolute Gasteiger partial charge is 0.376 e. The lowest BCUT2D eigenvalue weighted by Crippen LogP contribution is -2.46. The van der Waals surface area contributed by atoms with Gasteiger partial charge in [-0.05, 0) is 37.6 Å². The van der Waals surface area contributed by atoms with Gasteiger partial charge in [0.05, 0.1) is 24.1 Å². The molecule has 2 aliphatic heterocycles. The second-order valence-electron chi connectivity index (χ2n) is 6.78. The Kier molecular flexibility index (Phi) is 7.14. The molecule has 1 unspecified atom stereocenters. The van der Waals surface area contributed by atoms with Gasteiger partial charge in [0, 0.05) is 37.8 Å². The van der Waals surface area contributed by atoms with Crippen molar-refractivity contribution in [2.45, 2.75) is 25.9 Å². The standard InChI is InChI=1S/C19H28ClN3O3/c1-2-22-7-9-23(10-8-22)18-6-5-15(20)12-17(18)21-19(24)14-25-13-16-4-3-11-26-16/h5-6,12,16H,2-4,7-11,13-14H2,1H3,(H,21,24). The van der Waals surface area contributed by atoms with Crippen molar-refractivity contribution < 1.29 is 14.3 Å². The third-order valence-corrected chi connectivity index (χ3v) is 5.19. The normalized spacial score (nSPS) is 21.2.